The maximum atomic E-state index is 11.7. The van der Waals surface area contributed by atoms with Crippen LogP contribution in [0, 0.1) is 0 Å². The van der Waals surface area contributed by atoms with Crippen LogP contribution in [-0.2, 0) is 9.53 Å². The number of ether oxygens (including phenoxy) is 1. The molecule has 1 heterocycles. The molecule has 4 heteroatoms. The Bertz CT molecular complexity index is 288. The second-order valence-electron chi connectivity index (χ2n) is 5.71. The molecule has 104 valence electrons. The quantitative estimate of drug-likeness (QED) is 0.801. The summed E-state index contributed by atoms with van der Waals surface area (Å²) in [5, 5.41) is 6.33. The number of nitrogens with one attached hydrogen (secondary N) is 2. The SMILES string of the molecule is CCNC(=O)C(C)NC1CCOC2(CCCC2)C1. The lowest BCUT2D eigenvalue weighted by Crippen LogP contribution is -2.52. The number of carbonyl (C=O) groups is 1. The normalized spacial score (nSPS) is 28.2. The fraction of sp³-hybridized carbons (Fsp3) is 0.929. The summed E-state index contributed by atoms with van der Waals surface area (Å²) in [5.41, 5.74) is 0.122. The molecule has 2 fully saturated rings. The zero-order valence-electron chi connectivity index (χ0n) is 11.6. The van der Waals surface area contributed by atoms with Crippen molar-refractivity contribution in [1.82, 2.24) is 10.6 Å². The molecule has 2 unspecified atom stereocenters. The van der Waals surface area contributed by atoms with Crippen molar-refractivity contribution in [3.05, 3.63) is 0 Å². The molecule has 1 spiro atoms. The van der Waals surface area contributed by atoms with E-state index >= 15 is 0 Å². The highest BCUT2D eigenvalue weighted by Gasteiger charge is 2.40. The predicted octanol–water partition coefficient (Wildman–Crippen LogP) is 1.59. The number of hydrogen-bond acceptors (Lipinski definition) is 3. The Balaban J connectivity index is 1.84. The number of amides is 1. The summed E-state index contributed by atoms with van der Waals surface area (Å²) in [6.45, 7) is 5.43. The standard InChI is InChI=1S/C14H26N2O2/c1-3-15-13(17)11(2)16-12-6-9-18-14(10-12)7-4-5-8-14/h11-12,16H,3-10H2,1-2H3,(H,15,17). The lowest BCUT2D eigenvalue weighted by Gasteiger charge is -2.39. The molecule has 1 saturated heterocycles. The molecule has 1 aliphatic heterocycles. The molecule has 0 aromatic heterocycles. The van der Waals surface area contributed by atoms with Crippen LogP contribution in [0.3, 0.4) is 0 Å². The average molecular weight is 254 g/mol. The summed E-state index contributed by atoms with van der Waals surface area (Å²) in [5.74, 6) is 0.101. The Morgan fingerprint density at radius 3 is 2.83 bits per heavy atom. The van der Waals surface area contributed by atoms with Crippen LogP contribution in [-0.4, -0.2) is 36.7 Å². The van der Waals surface area contributed by atoms with Crippen LogP contribution in [0.15, 0.2) is 0 Å². The number of likely N-dealkylation sites (N-methyl/N-ethyl adjacent to an activating group) is 1. The van der Waals surface area contributed by atoms with Gasteiger partial charge in [-0.1, -0.05) is 12.8 Å². The van der Waals surface area contributed by atoms with Gasteiger partial charge in [-0.25, -0.2) is 0 Å². The highest BCUT2D eigenvalue weighted by Crippen LogP contribution is 2.39. The van der Waals surface area contributed by atoms with E-state index in [0.717, 1.165) is 19.4 Å². The Hall–Kier alpha value is -0.610. The van der Waals surface area contributed by atoms with E-state index in [9.17, 15) is 4.79 Å². The van der Waals surface area contributed by atoms with E-state index in [0.29, 0.717) is 12.6 Å². The van der Waals surface area contributed by atoms with Gasteiger partial charge < -0.3 is 15.4 Å². The van der Waals surface area contributed by atoms with Gasteiger partial charge in [0.05, 0.1) is 11.6 Å². The van der Waals surface area contributed by atoms with Crippen LogP contribution in [0.25, 0.3) is 0 Å². The molecular formula is C14H26N2O2. The Labute approximate surface area is 110 Å². The number of carbonyl (C=O) groups excluding carboxylic acids is 1. The van der Waals surface area contributed by atoms with Crippen molar-refractivity contribution < 1.29 is 9.53 Å². The van der Waals surface area contributed by atoms with E-state index in [4.69, 9.17) is 4.74 Å². The first-order valence-electron chi connectivity index (χ1n) is 7.33. The maximum absolute atomic E-state index is 11.7. The summed E-state index contributed by atoms with van der Waals surface area (Å²) >= 11 is 0. The van der Waals surface area contributed by atoms with Gasteiger partial charge in [-0.15, -0.1) is 0 Å². The minimum atomic E-state index is -0.105. The molecule has 2 atom stereocenters. The first kappa shape index (κ1) is 13.8. The van der Waals surface area contributed by atoms with Crippen molar-refractivity contribution in [2.75, 3.05) is 13.2 Å². The van der Waals surface area contributed by atoms with Crippen LogP contribution in [0.1, 0.15) is 52.4 Å². The average Bonchev–Trinajstić information content (AvgIpc) is 2.77. The van der Waals surface area contributed by atoms with E-state index in [-0.39, 0.29) is 17.6 Å². The van der Waals surface area contributed by atoms with Gasteiger partial charge in [0.1, 0.15) is 0 Å². The Morgan fingerprint density at radius 2 is 2.17 bits per heavy atom. The van der Waals surface area contributed by atoms with Crippen molar-refractivity contribution in [2.24, 2.45) is 0 Å². The van der Waals surface area contributed by atoms with Crippen LogP contribution >= 0.6 is 0 Å². The molecular weight excluding hydrogens is 228 g/mol. The highest BCUT2D eigenvalue weighted by atomic mass is 16.5. The predicted molar refractivity (Wildman–Crippen MR) is 71.5 cm³/mol. The summed E-state index contributed by atoms with van der Waals surface area (Å²) in [7, 11) is 0. The third-order valence-corrected chi connectivity index (χ3v) is 4.24. The number of hydrogen-bond donors (Lipinski definition) is 2. The molecule has 0 aromatic carbocycles. The molecule has 0 aromatic rings. The van der Waals surface area contributed by atoms with Crippen molar-refractivity contribution in [3.8, 4) is 0 Å². The first-order chi connectivity index (χ1) is 8.65. The first-order valence-corrected chi connectivity index (χ1v) is 7.33. The third kappa shape index (κ3) is 3.23. The van der Waals surface area contributed by atoms with Gasteiger partial charge in [0, 0.05) is 19.2 Å². The minimum Gasteiger partial charge on any atom is -0.375 e. The van der Waals surface area contributed by atoms with Gasteiger partial charge in [-0.3, -0.25) is 4.79 Å². The van der Waals surface area contributed by atoms with Gasteiger partial charge in [0.15, 0.2) is 0 Å². The monoisotopic (exact) mass is 254 g/mol. The molecule has 0 bridgehead atoms. The highest BCUT2D eigenvalue weighted by molar-refractivity contribution is 5.81. The summed E-state index contributed by atoms with van der Waals surface area (Å²) in [6.07, 6.45) is 7.06. The Morgan fingerprint density at radius 1 is 1.44 bits per heavy atom. The second kappa shape index (κ2) is 6.02. The smallest absolute Gasteiger partial charge is 0.236 e. The molecule has 1 aliphatic carbocycles. The van der Waals surface area contributed by atoms with Crippen molar-refractivity contribution in [2.45, 2.75) is 70.1 Å². The second-order valence-corrected chi connectivity index (χ2v) is 5.71. The molecule has 1 amide bonds. The van der Waals surface area contributed by atoms with E-state index in [1.165, 1.54) is 25.7 Å². The van der Waals surface area contributed by atoms with Crippen LogP contribution in [0.2, 0.25) is 0 Å². The molecule has 1 saturated carbocycles. The van der Waals surface area contributed by atoms with Crippen molar-refractivity contribution in [3.63, 3.8) is 0 Å². The van der Waals surface area contributed by atoms with Crippen molar-refractivity contribution in [1.29, 1.82) is 0 Å². The van der Waals surface area contributed by atoms with Gasteiger partial charge in [0.2, 0.25) is 5.91 Å². The topological polar surface area (TPSA) is 50.4 Å². The molecule has 18 heavy (non-hydrogen) atoms. The van der Waals surface area contributed by atoms with E-state index in [1.807, 2.05) is 13.8 Å². The number of rotatable bonds is 4. The summed E-state index contributed by atoms with van der Waals surface area (Å²) in [4.78, 5) is 11.7. The van der Waals surface area contributed by atoms with E-state index in [2.05, 4.69) is 10.6 Å². The van der Waals surface area contributed by atoms with E-state index < -0.39 is 0 Å². The van der Waals surface area contributed by atoms with Crippen molar-refractivity contribution >= 4 is 5.91 Å². The molecule has 2 rings (SSSR count). The molecule has 2 N–H and O–H groups in total. The summed E-state index contributed by atoms with van der Waals surface area (Å²) in [6, 6.07) is 0.320. The van der Waals surface area contributed by atoms with Crippen LogP contribution in [0.4, 0.5) is 0 Å². The zero-order chi connectivity index (χ0) is 13.0. The molecule has 4 nitrogen and oxygen atoms in total. The lowest BCUT2D eigenvalue weighted by molar-refractivity contribution is -0.124. The van der Waals surface area contributed by atoms with Gasteiger partial charge in [-0.2, -0.15) is 0 Å². The van der Waals surface area contributed by atoms with Gasteiger partial charge in [-0.05, 0) is 39.5 Å². The fourth-order valence-electron chi connectivity index (χ4n) is 3.29. The van der Waals surface area contributed by atoms with Crippen LogP contribution in [0.5, 0.6) is 0 Å². The molecule has 0 radical (unpaired) electrons. The minimum absolute atomic E-state index is 0.101. The van der Waals surface area contributed by atoms with Crippen LogP contribution < -0.4 is 10.6 Å². The molecule has 2 aliphatic rings. The maximum Gasteiger partial charge on any atom is 0.236 e. The summed E-state index contributed by atoms with van der Waals surface area (Å²) < 4.78 is 6.01. The fourth-order valence-corrected chi connectivity index (χ4v) is 3.29. The lowest BCUT2D eigenvalue weighted by atomic mass is 9.88. The van der Waals surface area contributed by atoms with E-state index in [1.54, 1.807) is 0 Å². The zero-order valence-corrected chi connectivity index (χ0v) is 11.6. The van der Waals surface area contributed by atoms with Gasteiger partial charge in [0.25, 0.3) is 0 Å². The Kier molecular flexibility index (Phi) is 4.62. The third-order valence-electron chi connectivity index (χ3n) is 4.24. The van der Waals surface area contributed by atoms with Gasteiger partial charge >= 0.3 is 0 Å². The largest absolute Gasteiger partial charge is 0.375 e.